The molecule has 2 aliphatic heterocycles. The van der Waals surface area contributed by atoms with Crippen molar-refractivity contribution in [2.45, 2.75) is 25.0 Å². The number of ether oxygens (including phenoxy) is 1. The first kappa shape index (κ1) is 13.7. The summed E-state index contributed by atoms with van der Waals surface area (Å²) in [7, 11) is 0. The molecule has 0 aromatic heterocycles. The number of likely N-dealkylation sites (tertiary alicyclic amines) is 1. The van der Waals surface area contributed by atoms with Crippen molar-refractivity contribution in [1.29, 1.82) is 0 Å². The molecule has 3 N–H and O–H groups in total. The Morgan fingerprint density at radius 1 is 1.24 bits per heavy atom. The number of urea groups is 1. The quantitative estimate of drug-likeness (QED) is 0.717. The third-order valence-electron chi connectivity index (χ3n) is 3.81. The molecule has 3 rings (SSSR count). The van der Waals surface area contributed by atoms with Gasteiger partial charge in [-0.3, -0.25) is 0 Å². The normalized spacial score (nSPS) is 23.9. The van der Waals surface area contributed by atoms with E-state index in [1.807, 2.05) is 0 Å². The minimum Gasteiger partial charge on any atom is -0.507 e. The Balaban J connectivity index is 1.70. The Morgan fingerprint density at radius 3 is 2.52 bits per heavy atom. The molecule has 2 unspecified atom stereocenters. The Kier molecular flexibility index (Phi) is 3.42. The number of nitrogens with one attached hydrogen (secondary N) is 1. The summed E-state index contributed by atoms with van der Waals surface area (Å²) in [5, 5.41) is 21.1. The van der Waals surface area contributed by atoms with Gasteiger partial charge >= 0.3 is 12.0 Å². The lowest BCUT2D eigenvalue weighted by molar-refractivity contribution is -0.0219. The van der Waals surface area contributed by atoms with E-state index < -0.39 is 5.97 Å². The minimum atomic E-state index is -1.24. The van der Waals surface area contributed by atoms with E-state index in [1.54, 1.807) is 4.90 Å². The number of carbonyl (C=O) groups excluding carboxylic acids is 1. The number of carboxylic acid groups (broad SMARTS) is 1. The van der Waals surface area contributed by atoms with E-state index in [4.69, 9.17) is 9.84 Å². The first-order valence-corrected chi connectivity index (χ1v) is 6.80. The lowest BCUT2D eigenvalue weighted by Gasteiger charge is -2.32. The molecule has 7 heteroatoms. The SMILES string of the molecule is O=C(O)c1cc(NC(=O)N2CC3CCC(C2)O3)ccc1O. The van der Waals surface area contributed by atoms with Gasteiger partial charge in [0.2, 0.25) is 0 Å². The van der Waals surface area contributed by atoms with Gasteiger partial charge in [0.05, 0.1) is 12.2 Å². The van der Waals surface area contributed by atoms with Gasteiger partial charge in [-0.2, -0.15) is 0 Å². The first-order chi connectivity index (χ1) is 10.0. The van der Waals surface area contributed by atoms with Crippen molar-refractivity contribution in [2.75, 3.05) is 18.4 Å². The predicted molar refractivity (Wildman–Crippen MR) is 73.6 cm³/mol. The molecule has 1 aromatic rings. The Hall–Kier alpha value is -2.28. The standard InChI is InChI=1S/C14H16N2O5/c17-12-4-1-8(5-11(12)13(18)19)15-14(20)16-6-9-2-3-10(7-16)21-9/h1,4-5,9-10,17H,2-3,6-7H2,(H,15,20)(H,18,19). The third kappa shape index (κ3) is 2.78. The van der Waals surface area contributed by atoms with Crippen LogP contribution in [0.15, 0.2) is 18.2 Å². The van der Waals surface area contributed by atoms with Crippen LogP contribution in [0, 0.1) is 0 Å². The van der Waals surface area contributed by atoms with E-state index in [-0.39, 0.29) is 29.6 Å². The van der Waals surface area contributed by atoms with Crippen LogP contribution < -0.4 is 5.32 Å². The van der Waals surface area contributed by atoms with Gasteiger partial charge in [0.1, 0.15) is 11.3 Å². The summed E-state index contributed by atoms with van der Waals surface area (Å²) in [6.45, 7) is 1.10. The summed E-state index contributed by atoms with van der Waals surface area (Å²) in [6.07, 6.45) is 2.14. The van der Waals surface area contributed by atoms with Crippen LogP contribution in [0.5, 0.6) is 5.75 Å². The van der Waals surface area contributed by atoms with Gasteiger partial charge in [-0.15, -0.1) is 0 Å². The second-order valence-electron chi connectivity index (χ2n) is 5.33. The van der Waals surface area contributed by atoms with Crippen LogP contribution in [0.1, 0.15) is 23.2 Å². The molecule has 0 saturated carbocycles. The lowest BCUT2D eigenvalue weighted by Crippen LogP contribution is -2.47. The van der Waals surface area contributed by atoms with E-state index in [0.29, 0.717) is 18.8 Å². The Morgan fingerprint density at radius 2 is 1.90 bits per heavy atom. The van der Waals surface area contributed by atoms with Gasteiger partial charge in [-0.05, 0) is 31.0 Å². The second-order valence-corrected chi connectivity index (χ2v) is 5.33. The minimum absolute atomic E-state index is 0.101. The lowest BCUT2D eigenvalue weighted by atomic mass is 10.2. The molecule has 1 aromatic carbocycles. The van der Waals surface area contributed by atoms with Crippen molar-refractivity contribution in [3.8, 4) is 5.75 Å². The molecule has 2 fully saturated rings. The number of rotatable bonds is 2. The van der Waals surface area contributed by atoms with Gasteiger partial charge in [-0.1, -0.05) is 0 Å². The summed E-state index contributed by atoms with van der Waals surface area (Å²) in [6, 6.07) is 3.68. The molecule has 0 radical (unpaired) electrons. The summed E-state index contributed by atoms with van der Waals surface area (Å²) in [5.74, 6) is -1.57. The number of hydrogen-bond donors (Lipinski definition) is 3. The van der Waals surface area contributed by atoms with Crippen LogP contribution in [-0.4, -0.2) is 52.4 Å². The maximum absolute atomic E-state index is 12.2. The molecular weight excluding hydrogens is 276 g/mol. The average Bonchev–Trinajstić information content (AvgIpc) is 2.79. The molecule has 2 heterocycles. The fourth-order valence-electron chi connectivity index (χ4n) is 2.77. The van der Waals surface area contributed by atoms with Crippen LogP contribution in [-0.2, 0) is 4.74 Å². The molecule has 0 aliphatic carbocycles. The number of aromatic hydroxyl groups is 1. The zero-order valence-corrected chi connectivity index (χ0v) is 11.3. The topological polar surface area (TPSA) is 99.1 Å². The number of carboxylic acids is 1. The number of anilines is 1. The van der Waals surface area contributed by atoms with Crippen molar-refractivity contribution < 1.29 is 24.5 Å². The second kappa shape index (κ2) is 5.25. The summed E-state index contributed by atoms with van der Waals surface area (Å²) >= 11 is 0. The van der Waals surface area contributed by atoms with E-state index in [1.165, 1.54) is 18.2 Å². The van der Waals surface area contributed by atoms with Crippen molar-refractivity contribution in [3.63, 3.8) is 0 Å². The van der Waals surface area contributed by atoms with Gasteiger partial charge in [0.25, 0.3) is 0 Å². The third-order valence-corrected chi connectivity index (χ3v) is 3.81. The number of phenols is 1. The molecule has 2 saturated heterocycles. The highest BCUT2D eigenvalue weighted by molar-refractivity contribution is 5.95. The fourth-order valence-corrected chi connectivity index (χ4v) is 2.77. The molecule has 21 heavy (non-hydrogen) atoms. The number of nitrogens with zero attached hydrogens (tertiary/aromatic N) is 1. The van der Waals surface area contributed by atoms with Crippen molar-refractivity contribution in [3.05, 3.63) is 23.8 Å². The zero-order valence-electron chi connectivity index (χ0n) is 11.3. The van der Waals surface area contributed by atoms with Crippen LogP contribution in [0.2, 0.25) is 0 Å². The first-order valence-electron chi connectivity index (χ1n) is 6.80. The van der Waals surface area contributed by atoms with Gasteiger partial charge in [-0.25, -0.2) is 9.59 Å². The number of benzene rings is 1. The molecule has 112 valence electrons. The van der Waals surface area contributed by atoms with E-state index in [0.717, 1.165) is 12.8 Å². The van der Waals surface area contributed by atoms with Crippen molar-refractivity contribution in [1.82, 2.24) is 4.90 Å². The molecule has 2 bridgehead atoms. The van der Waals surface area contributed by atoms with E-state index >= 15 is 0 Å². The number of morpholine rings is 1. The number of hydrogen-bond acceptors (Lipinski definition) is 4. The average molecular weight is 292 g/mol. The monoisotopic (exact) mass is 292 g/mol. The Labute approximate surface area is 121 Å². The van der Waals surface area contributed by atoms with Crippen molar-refractivity contribution in [2.24, 2.45) is 0 Å². The maximum atomic E-state index is 12.2. The highest BCUT2D eigenvalue weighted by Gasteiger charge is 2.35. The van der Waals surface area contributed by atoms with Crippen LogP contribution in [0.3, 0.4) is 0 Å². The van der Waals surface area contributed by atoms with Crippen LogP contribution >= 0.6 is 0 Å². The zero-order chi connectivity index (χ0) is 15.0. The highest BCUT2D eigenvalue weighted by atomic mass is 16.5. The smallest absolute Gasteiger partial charge is 0.339 e. The largest absolute Gasteiger partial charge is 0.507 e. The van der Waals surface area contributed by atoms with Crippen LogP contribution in [0.25, 0.3) is 0 Å². The van der Waals surface area contributed by atoms with Crippen LogP contribution in [0.4, 0.5) is 10.5 Å². The number of aromatic carboxylic acids is 1. The molecule has 2 amide bonds. The van der Waals surface area contributed by atoms with Gasteiger partial charge in [0, 0.05) is 18.8 Å². The summed E-state index contributed by atoms with van der Waals surface area (Å²) in [4.78, 5) is 24.8. The molecular formula is C14H16N2O5. The highest BCUT2D eigenvalue weighted by Crippen LogP contribution is 2.27. The molecule has 2 aliphatic rings. The number of fused-ring (bicyclic) bond motifs is 2. The Bertz CT molecular complexity index is 577. The van der Waals surface area contributed by atoms with Crippen molar-refractivity contribution >= 4 is 17.7 Å². The summed E-state index contributed by atoms with van der Waals surface area (Å²) < 4.78 is 5.66. The number of carbonyl (C=O) groups is 2. The predicted octanol–water partition coefficient (Wildman–Crippen LogP) is 1.49. The maximum Gasteiger partial charge on any atom is 0.339 e. The molecule has 0 spiro atoms. The van der Waals surface area contributed by atoms with E-state index in [2.05, 4.69) is 5.32 Å². The number of amides is 2. The summed E-state index contributed by atoms with van der Waals surface area (Å²) in [5.41, 5.74) is 0.101. The fraction of sp³-hybridized carbons (Fsp3) is 0.429. The molecule has 2 atom stereocenters. The van der Waals surface area contributed by atoms with Gasteiger partial charge < -0.3 is 25.2 Å². The molecule has 7 nitrogen and oxygen atoms in total. The van der Waals surface area contributed by atoms with E-state index in [9.17, 15) is 14.7 Å². The van der Waals surface area contributed by atoms with Gasteiger partial charge in [0.15, 0.2) is 0 Å².